The molecule has 0 unspecified atom stereocenters. The highest BCUT2D eigenvalue weighted by Crippen LogP contribution is 2.22. The third-order valence-corrected chi connectivity index (χ3v) is 3.70. The van der Waals surface area contributed by atoms with Gasteiger partial charge in [0.15, 0.2) is 0 Å². The number of benzene rings is 1. The van der Waals surface area contributed by atoms with E-state index in [2.05, 4.69) is 20.8 Å². The van der Waals surface area contributed by atoms with Crippen LogP contribution in [0.1, 0.15) is 28.7 Å². The summed E-state index contributed by atoms with van der Waals surface area (Å²) in [6, 6.07) is 5.29. The van der Waals surface area contributed by atoms with Crippen LogP contribution in [-0.4, -0.2) is 22.0 Å². The molecule has 6 nitrogen and oxygen atoms in total. The summed E-state index contributed by atoms with van der Waals surface area (Å²) in [7, 11) is 0. The molecule has 1 aromatic carbocycles. The molecular weight excluding hydrogens is 312 g/mol. The van der Waals surface area contributed by atoms with Gasteiger partial charge in [-0.2, -0.15) is 0 Å². The van der Waals surface area contributed by atoms with Gasteiger partial charge in [0.1, 0.15) is 0 Å². The van der Waals surface area contributed by atoms with Crippen LogP contribution in [0.25, 0.3) is 0 Å². The van der Waals surface area contributed by atoms with Crippen molar-refractivity contribution in [3.8, 4) is 0 Å². The van der Waals surface area contributed by atoms with E-state index in [0.717, 1.165) is 16.9 Å². The molecule has 0 aliphatic heterocycles. The fourth-order valence-corrected chi connectivity index (χ4v) is 2.28. The molecule has 0 spiro atoms. The van der Waals surface area contributed by atoms with Crippen molar-refractivity contribution in [1.82, 2.24) is 10.2 Å². The standard InChI is InChI=1S/C13H13ClN4O2S/c1-3-10(19)15-8-5-4-7(2)9(6-8)16-11(20)12-17-18-13(14)21-12/h4-6H,3H2,1-2H3,(H,15,19)(H,16,20). The van der Waals surface area contributed by atoms with Gasteiger partial charge in [0.05, 0.1) is 0 Å². The molecule has 0 aliphatic carbocycles. The quantitative estimate of drug-likeness (QED) is 0.905. The first-order valence-corrected chi connectivity index (χ1v) is 7.40. The van der Waals surface area contributed by atoms with Gasteiger partial charge in [-0.3, -0.25) is 9.59 Å². The van der Waals surface area contributed by atoms with Crippen LogP contribution in [0, 0.1) is 6.92 Å². The maximum absolute atomic E-state index is 12.0. The molecule has 21 heavy (non-hydrogen) atoms. The SMILES string of the molecule is CCC(=O)Nc1ccc(C)c(NC(=O)c2nnc(Cl)s2)c1. The van der Waals surface area contributed by atoms with Crippen molar-refractivity contribution in [1.29, 1.82) is 0 Å². The number of nitrogens with one attached hydrogen (secondary N) is 2. The third kappa shape index (κ3) is 3.99. The Balaban J connectivity index is 2.17. The van der Waals surface area contributed by atoms with Gasteiger partial charge in [0.25, 0.3) is 5.91 Å². The number of nitrogens with zero attached hydrogens (tertiary/aromatic N) is 2. The summed E-state index contributed by atoms with van der Waals surface area (Å²) in [6.45, 7) is 3.62. The van der Waals surface area contributed by atoms with E-state index in [9.17, 15) is 9.59 Å². The van der Waals surface area contributed by atoms with Crippen LogP contribution in [0.4, 0.5) is 11.4 Å². The highest BCUT2D eigenvalue weighted by Gasteiger charge is 2.13. The van der Waals surface area contributed by atoms with Crippen molar-refractivity contribution in [2.45, 2.75) is 20.3 Å². The normalized spacial score (nSPS) is 10.2. The van der Waals surface area contributed by atoms with Crippen molar-refractivity contribution in [3.05, 3.63) is 33.2 Å². The summed E-state index contributed by atoms with van der Waals surface area (Å²) in [5.74, 6) is -0.478. The Morgan fingerprint density at radius 2 is 2.05 bits per heavy atom. The van der Waals surface area contributed by atoms with Crippen LogP contribution in [-0.2, 0) is 4.79 Å². The first-order chi connectivity index (χ1) is 9.99. The first-order valence-electron chi connectivity index (χ1n) is 6.20. The molecule has 1 heterocycles. The second-order valence-electron chi connectivity index (χ2n) is 4.25. The van der Waals surface area contributed by atoms with Crippen molar-refractivity contribution in [2.75, 3.05) is 10.6 Å². The number of hydrogen-bond acceptors (Lipinski definition) is 5. The average Bonchev–Trinajstić information content (AvgIpc) is 2.89. The summed E-state index contributed by atoms with van der Waals surface area (Å²) in [5.41, 5.74) is 2.09. The van der Waals surface area contributed by atoms with Crippen LogP contribution >= 0.6 is 22.9 Å². The minimum atomic E-state index is -0.388. The number of carbonyl (C=O) groups excluding carboxylic acids is 2. The number of anilines is 2. The Kier molecular flexibility index (Phi) is 4.87. The van der Waals surface area contributed by atoms with E-state index in [-0.39, 0.29) is 21.3 Å². The summed E-state index contributed by atoms with van der Waals surface area (Å²) < 4.78 is 0.209. The Morgan fingerprint density at radius 1 is 1.29 bits per heavy atom. The van der Waals surface area contributed by atoms with Crippen molar-refractivity contribution >= 4 is 46.1 Å². The molecule has 0 atom stereocenters. The van der Waals surface area contributed by atoms with E-state index in [1.54, 1.807) is 19.1 Å². The van der Waals surface area contributed by atoms with Crippen LogP contribution in [0.2, 0.25) is 4.47 Å². The molecule has 2 N–H and O–H groups in total. The lowest BCUT2D eigenvalue weighted by molar-refractivity contribution is -0.115. The van der Waals surface area contributed by atoms with Crippen molar-refractivity contribution in [3.63, 3.8) is 0 Å². The molecule has 1 aromatic heterocycles. The fraction of sp³-hybridized carbons (Fsp3) is 0.231. The maximum Gasteiger partial charge on any atom is 0.286 e. The highest BCUT2D eigenvalue weighted by molar-refractivity contribution is 7.17. The monoisotopic (exact) mass is 324 g/mol. The molecule has 0 bridgehead atoms. The third-order valence-electron chi connectivity index (χ3n) is 2.69. The lowest BCUT2D eigenvalue weighted by Gasteiger charge is -2.10. The van der Waals surface area contributed by atoms with Gasteiger partial charge in [-0.05, 0) is 36.2 Å². The minimum absolute atomic E-state index is 0.0907. The molecular formula is C13H13ClN4O2S. The number of aromatic nitrogens is 2. The van der Waals surface area contributed by atoms with Gasteiger partial charge in [-0.1, -0.05) is 24.3 Å². The largest absolute Gasteiger partial charge is 0.326 e. The molecule has 8 heteroatoms. The highest BCUT2D eigenvalue weighted by atomic mass is 35.5. The molecule has 0 aliphatic rings. The molecule has 0 radical (unpaired) electrons. The number of aryl methyl sites for hydroxylation is 1. The smallest absolute Gasteiger partial charge is 0.286 e. The zero-order valence-electron chi connectivity index (χ0n) is 11.4. The Labute approximate surface area is 130 Å². The van der Waals surface area contributed by atoms with E-state index >= 15 is 0 Å². The Morgan fingerprint density at radius 3 is 2.67 bits per heavy atom. The second kappa shape index (κ2) is 6.64. The van der Waals surface area contributed by atoms with E-state index in [1.807, 2.05) is 13.0 Å². The summed E-state index contributed by atoms with van der Waals surface area (Å²) in [4.78, 5) is 23.4. The Bertz CT molecular complexity index is 687. The first kappa shape index (κ1) is 15.4. The van der Waals surface area contributed by atoms with Crippen LogP contribution in [0.15, 0.2) is 18.2 Å². The van der Waals surface area contributed by atoms with Gasteiger partial charge >= 0.3 is 0 Å². The predicted octanol–water partition coefficient (Wildman–Crippen LogP) is 3.10. The van der Waals surface area contributed by atoms with Crippen LogP contribution in [0.3, 0.4) is 0 Å². The zero-order chi connectivity index (χ0) is 15.4. The molecule has 2 aromatic rings. The number of carbonyl (C=O) groups is 2. The molecule has 0 fully saturated rings. The minimum Gasteiger partial charge on any atom is -0.326 e. The van der Waals surface area contributed by atoms with Crippen LogP contribution < -0.4 is 10.6 Å². The summed E-state index contributed by atoms with van der Waals surface area (Å²) in [5, 5.41) is 12.9. The van der Waals surface area contributed by atoms with E-state index in [1.165, 1.54) is 0 Å². The lowest BCUT2D eigenvalue weighted by atomic mass is 10.1. The number of rotatable bonds is 4. The number of halogens is 1. The summed E-state index contributed by atoms with van der Waals surface area (Å²) >= 11 is 6.66. The Hall–Kier alpha value is -1.99. The average molecular weight is 325 g/mol. The molecule has 2 amide bonds. The molecule has 0 saturated heterocycles. The summed E-state index contributed by atoms with van der Waals surface area (Å²) in [6.07, 6.45) is 0.388. The van der Waals surface area contributed by atoms with Gasteiger partial charge in [0, 0.05) is 17.8 Å². The van der Waals surface area contributed by atoms with Gasteiger partial charge in [-0.25, -0.2) is 0 Å². The predicted molar refractivity (Wildman–Crippen MR) is 83.0 cm³/mol. The number of hydrogen-bond donors (Lipinski definition) is 2. The van der Waals surface area contributed by atoms with Crippen molar-refractivity contribution < 1.29 is 9.59 Å². The van der Waals surface area contributed by atoms with Crippen molar-refractivity contribution in [2.24, 2.45) is 0 Å². The molecule has 2 rings (SSSR count). The van der Waals surface area contributed by atoms with Gasteiger partial charge in [0.2, 0.25) is 15.4 Å². The fourth-order valence-electron chi connectivity index (χ4n) is 1.56. The van der Waals surface area contributed by atoms with Gasteiger partial charge < -0.3 is 10.6 Å². The van der Waals surface area contributed by atoms with Crippen LogP contribution in [0.5, 0.6) is 0 Å². The van der Waals surface area contributed by atoms with E-state index in [4.69, 9.17) is 11.6 Å². The molecule has 0 saturated carbocycles. The zero-order valence-corrected chi connectivity index (χ0v) is 13.0. The second-order valence-corrected chi connectivity index (χ2v) is 5.81. The maximum atomic E-state index is 12.0. The molecule has 110 valence electrons. The van der Waals surface area contributed by atoms with Gasteiger partial charge in [-0.15, -0.1) is 10.2 Å². The topological polar surface area (TPSA) is 84.0 Å². The lowest BCUT2D eigenvalue weighted by Crippen LogP contribution is -2.14. The number of amides is 2. The van der Waals surface area contributed by atoms with E-state index < -0.39 is 0 Å². The van der Waals surface area contributed by atoms with E-state index in [0.29, 0.717) is 17.8 Å².